The van der Waals surface area contributed by atoms with Crippen molar-refractivity contribution in [3.63, 3.8) is 0 Å². The van der Waals surface area contributed by atoms with Crippen LogP contribution < -0.4 is 10.2 Å². The van der Waals surface area contributed by atoms with Gasteiger partial charge in [-0.05, 0) is 59.4 Å². The van der Waals surface area contributed by atoms with E-state index in [2.05, 4.69) is 0 Å². The molecule has 208 valence electrons. The fraction of sp³-hybridized carbons (Fsp3) is 0.152. The third-order valence-corrected chi connectivity index (χ3v) is 6.70. The van der Waals surface area contributed by atoms with Gasteiger partial charge < -0.3 is 29.3 Å². The largest absolute Gasteiger partial charge is 0.550 e. The van der Waals surface area contributed by atoms with Crippen LogP contribution in [0.15, 0.2) is 109 Å². The Morgan fingerprint density at radius 2 is 0.951 bits per heavy atom. The van der Waals surface area contributed by atoms with Gasteiger partial charge in [0.15, 0.2) is 0 Å². The van der Waals surface area contributed by atoms with Crippen LogP contribution in [0.4, 0.5) is 0 Å². The van der Waals surface area contributed by atoms with Gasteiger partial charge in [0.1, 0.15) is 13.2 Å². The van der Waals surface area contributed by atoms with E-state index >= 15 is 0 Å². The molecule has 4 aromatic carbocycles. The van der Waals surface area contributed by atoms with E-state index < -0.39 is 35.7 Å². The Hall–Kier alpha value is -5.24. The standard InChI is InChI=1S/C33H28O8/c34-29(35)19-20-33(32(38)39,27-15-11-25(12-16-27)30(36)40-21-23-7-3-1-4-8-23)28-17-13-26(14-18-28)31(37)41-22-24-9-5-2-6-10-24/h1-18H,19-22H2,(H,34,35)(H,38,39)/p-2. The summed E-state index contributed by atoms with van der Waals surface area (Å²) in [7, 11) is 0. The minimum absolute atomic E-state index is 0.0656. The lowest BCUT2D eigenvalue weighted by atomic mass is 9.71. The predicted octanol–water partition coefficient (Wildman–Crippen LogP) is 2.97. The van der Waals surface area contributed by atoms with Crippen LogP contribution in [0, 0.1) is 0 Å². The van der Waals surface area contributed by atoms with Gasteiger partial charge in [-0.25, -0.2) is 9.59 Å². The average molecular weight is 551 g/mol. The lowest BCUT2D eigenvalue weighted by Gasteiger charge is -2.36. The first-order chi connectivity index (χ1) is 19.8. The molecule has 0 atom stereocenters. The van der Waals surface area contributed by atoms with Crippen LogP contribution in [-0.2, 0) is 37.7 Å². The Morgan fingerprint density at radius 1 is 0.561 bits per heavy atom. The first kappa shape index (κ1) is 28.8. The topological polar surface area (TPSA) is 133 Å². The van der Waals surface area contributed by atoms with E-state index in [1.807, 2.05) is 60.7 Å². The molecule has 4 aromatic rings. The number of ether oxygens (including phenoxy) is 2. The predicted molar refractivity (Wildman–Crippen MR) is 144 cm³/mol. The summed E-state index contributed by atoms with van der Waals surface area (Å²) in [4.78, 5) is 49.2. The molecule has 0 amide bonds. The van der Waals surface area contributed by atoms with Gasteiger partial charge in [0, 0.05) is 5.97 Å². The first-order valence-corrected chi connectivity index (χ1v) is 12.8. The molecule has 0 bridgehead atoms. The number of carbonyl (C=O) groups is 4. The van der Waals surface area contributed by atoms with Crippen LogP contribution in [0.2, 0.25) is 0 Å². The second-order valence-corrected chi connectivity index (χ2v) is 9.34. The lowest BCUT2D eigenvalue weighted by molar-refractivity contribution is -0.313. The molecule has 0 fully saturated rings. The number of esters is 2. The van der Waals surface area contributed by atoms with Crippen molar-refractivity contribution in [2.45, 2.75) is 31.5 Å². The van der Waals surface area contributed by atoms with Crippen molar-refractivity contribution >= 4 is 23.9 Å². The molecule has 0 heterocycles. The summed E-state index contributed by atoms with van der Waals surface area (Å²) >= 11 is 0. The summed E-state index contributed by atoms with van der Waals surface area (Å²) in [5, 5.41) is 24.0. The van der Waals surface area contributed by atoms with Crippen molar-refractivity contribution in [1.82, 2.24) is 0 Å². The molecular formula is C33H26O8-2. The van der Waals surface area contributed by atoms with Crippen LogP contribution in [0.1, 0.15) is 55.8 Å². The molecule has 8 nitrogen and oxygen atoms in total. The highest BCUT2D eigenvalue weighted by atomic mass is 16.5. The number of hydrogen-bond donors (Lipinski definition) is 0. The van der Waals surface area contributed by atoms with Gasteiger partial charge in [0.05, 0.1) is 22.5 Å². The van der Waals surface area contributed by atoms with Gasteiger partial charge in [0.2, 0.25) is 0 Å². The molecule has 0 saturated heterocycles. The van der Waals surface area contributed by atoms with Gasteiger partial charge in [-0.2, -0.15) is 0 Å². The summed E-state index contributed by atoms with van der Waals surface area (Å²) in [5.41, 5.74) is 0.474. The summed E-state index contributed by atoms with van der Waals surface area (Å²) < 4.78 is 10.7. The number of aliphatic carboxylic acids is 2. The number of benzene rings is 4. The van der Waals surface area contributed by atoms with Gasteiger partial charge in [0.25, 0.3) is 0 Å². The van der Waals surface area contributed by atoms with Crippen LogP contribution >= 0.6 is 0 Å². The average Bonchev–Trinajstić information content (AvgIpc) is 3.00. The van der Waals surface area contributed by atoms with Crippen molar-refractivity contribution in [1.29, 1.82) is 0 Å². The minimum atomic E-state index is -1.90. The fourth-order valence-corrected chi connectivity index (χ4v) is 4.48. The monoisotopic (exact) mass is 550 g/mol. The second-order valence-electron chi connectivity index (χ2n) is 9.34. The van der Waals surface area contributed by atoms with E-state index in [9.17, 15) is 29.4 Å². The summed E-state index contributed by atoms with van der Waals surface area (Å²) in [6, 6.07) is 29.6. The van der Waals surface area contributed by atoms with E-state index in [1.165, 1.54) is 48.5 Å². The van der Waals surface area contributed by atoms with Gasteiger partial charge >= 0.3 is 11.9 Å². The van der Waals surface area contributed by atoms with Crippen LogP contribution in [0.3, 0.4) is 0 Å². The molecular weight excluding hydrogens is 524 g/mol. The summed E-state index contributed by atoms with van der Waals surface area (Å²) in [6.45, 7) is 0.131. The lowest BCUT2D eigenvalue weighted by Crippen LogP contribution is -2.47. The third-order valence-electron chi connectivity index (χ3n) is 6.70. The van der Waals surface area contributed by atoms with Crippen molar-refractivity contribution in [2.24, 2.45) is 0 Å². The highest BCUT2D eigenvalue weighted by Crippen LogP contribution is 2.37. The van der Waals surface area contributed by atoms with Crippen molar-refractivity contribution in [3.05, 3.63) is 143 Å². The zero-order chi connectivity index (χ0) is 29.2. The maximum atomic E-state index is 12.7. The Balaban J connectivity index is 1.57. The smallest absolute Gasteiger partial charge is 0.338 e. The molecule has 41 heavy (non-hydrogen) atoms. The molecule has 0 unspecified atom stereocenters. The van der Waals surface area contributed by atoms with E-state index in [-0.39, 0.29) is 41.9 Å². The quantitative estimate of drug-likeness (QED) is 0.246. The number of carboxylic acid groups (broad SMARTS) is 2. The van der Waals surface area contributed by atoms with Crippen LogP contribution in [-0.4, -0.2) is 23.9 Å². The molecule has 0 aliphatic carbocycles. The van der Waals surface area contributed by atoms with E-state index in [1.54, 1.807) is 0 Å². The van der Waals surface area contributed by atoms with E-state index in [0.717, 1.165) is 11.1 Å². The molecule has 0 spiro atoms. The van der Waals surface area contributed by atoms with E-state index in [4.69, 9.17) is 9.47 Å². The highest BCUT2D eigenvalue weighted by molar-refractivity contribution is 5.91. The molecule has 0 aliphatic heterocycles. The molecule has 0 N–H and O–H groups in total. The summed E-state index contributed by atoms with van der Waals surface area (Å²) in [5.74, 6) is -4.18. The molecule has 0 aromatic heterocycles. The van der Waals surface area contributed by atoms with E-state index in [0.29, 0.717) is 0 Å². The Kier molecular flexibility index (Phi) is 9.27. The Labute approximate surface area is 236 Å². The third kappa shape index (κ3) is 7.05. The Bertz CT molecular complexity index is 1400. The molecule has 4 rings (SSSR count). The van der Waals surface area contributed by atoms with Crippen molar-refractivity contribution < 1.29 is 38.9 Å². The SMILES string of the molecule is O=C([O-])CCC(C(=O)[O-])(c1ccc(C(=O)OCc2ccccc2)cc1)c1ccc(C(=O)OCc2ccccc2)cc1. The van der Waals surface area contributed by atoms with Gasteiger partial charge in [-0.1, -0.05) is 84.9 Å². The maximum Gasteiger partial charge on any atom is 0.338 e. The number of rotatable bonds is 12. The fourth-order valence-electron chi connectivity index (χ4n) is 4.48. The van der Waals surface area contributed by atoms with Gasteiger partial charge in [-0.3, -0.25) is 0 Å². The van der Waals surface area contributed by atoms with Crippen LogP contribution in [0.5, 0.6) is 0 Å². The number of carbonyl (C=O) groups excluding carboxylic acids is 4. The molecule has 0 radical (unpaired) electrons. The van der Waals surface area contributed by atoms with Crippen molar-refractivity contribution in [2.75, 3.05) is 0 Å². The maximum absolute atomic E-state index is 12.7. The highest BCUT2D eigenvalue weighted by Gasteiger charge is 2.36. The number of carboxylic acids is 2. The number of hydrogen-bond acceptors (Lipinski definition) is 8. The normalized spacial score (nSPS) is 10.9. The van der Waals surface area contributed by atoms with Crippen molar-refractivity contribution in [3.8, 4) is 0 Å². The van der Waals surface area contributed by atoms with Gasteiger partial charge in [-0.15, -0.1) is 0 Å². The zero-order valence-corrected chi connectivity index (χ0v) is 22.0. The Morgan fingerprint density at radius 3 is 1.29 bits per heavy atom. The molecule has 0 aliphatic rings. The van der Waals surface area contributed by atoms with Crippen LogP contribution in [0.25, 0.3) is 0 Å². The summed E-state index contributed by atoms with van der Waals surface area (Å²) in [6.07, 6.45) is -0.955. The zero-order valence-electron chi connectivity index (χ0n) is 22.0. The molecule has 0 saturated carbocycles. The second kappa shape index (κ2) is 13.2. The minimum Gasteiger partial charge on any atom is -0.550 e. The first-order valence-electron chi connectivity index (χ1n) is 12.8. The molecule has 8 heteroatoms.